The van der Waals surface area contributed by atoms with Gasteiger partial charge in [-0.1, -0.05) is 0 Å². The molecule has 0 aliphatic carbocycles. The van der Waals surface area contributed by atoms with Crippen LogP contribution in [0.15, 0.2) is 24.5 Å². The zero-order valence-corrected chi connectivity index (χ0v) is 8.97. The zero-order chi connectivity index (χ0) is 10.8. The molecule has 1 aliphatic heterocycles. The van der Waals surface area contributed by atoms with Crippen molar-refractivity contribution < 1.29 is 4.79 Å². The first-order valence-electron chi connectivity index (χ1n) is 5.15. The van der Waals surface area contributed by atoms with Gasteiger partial charge in [0.2, 0.25) is 0 Å². The van der Waals surface area contributed by atoms with Gasteiger partial charge in [0, 0.05) is 25.0 Å². The highest BCUT2D eigenvalue weighted by molar-refractivity contribution is 5.77. The molecule has 15 heavy (non-hydrogen) atoms. The van der Waals surface area contributed by atoms with E-state index in [4.69, 9.17) is 0 Å². The van der Waals surface area contributed by atoms with E-state index in [2.05, 4.69) is 10.3 Å². The molecule has 2 amide bonds. The molecule has 1 aliphatic rings. The predicted octanol–water partition coefficient (Wildman–Crippen LogP) is 1.56. The minimum Gasteiger partial charge on any atom is -0.329 e. The summed E-state index contributed by atoms with van der Waals surface area (Å²) < 4.78 is 0. The van der Waals surface area contributed by atoms with Crippen molar-refractivity contribution >= 4 is 6.03 Å². The lowest BCUT2D eigenvalue weighted by Crippen LogP contribution is -2.33. The van der Waals surface area contributed by atoms with E-state index in [0.29, 0.717) is 0 Å². The number of hydrogen-bond acceptors (Lipinski definition) is 2. The lowest BCUT2D eigenvalue weighted by Gasteiger charge is -2.18. The van der Waals surface area contributed by atoms with E-state index in [9.17, 15) is 4.79 Å². The van der Waals surface area contributed by atoms with Gasteiger partial charge < -0.3 is 10.2 Å². The van der Waals surface area contributed by atoms with Gasteiger partial charge in [-0.2, -0.15) is 0 Å². The molecular formula is C11H15N3O. The van der Waals surface area contributed by atoms with Gasteiger partial charge in [0.15, 0.2) is 0 Å². The van der Waals surface area contributed by atoms with E-state index in [-0.39, 0.29) is 18.1 Å². The van der Waals surface area contributed by atoms with E-state index >= 15 is 0 Å². The van der Waals surface area contributed by atoms with E-state index in [1.165, 1.54) is 0 Å². The molecule has 1 N–H and O–H groups in total. The third-order valence-corrected chi connectivity index (χ3v) is 2.67. The van der Waals surface area contributed by atoms with Crippen LogP contribution in [0.3, 0.4) is 0 Å². The first-order valence-corrected chi connectivity index (χ1v) is 5.15. The molecule has 1 atom stereocenters. The Hall–Kier alpha value is -1.58. The van der Waals surface area contributed by atoms with E-state index in [0.717, 1.165) is 12.1 Å². The highest BCUT2D eigenvalue weighted by atomic mass is 16.2. The number of hydrogen-bond donors (Lipinski definition) is 1. The largest absolute Gasteiger partial charge is 0.329 e. The van der Waals surface area contributed by atoms with Crippen LogP contribution in [0, 0.1) is 0 Å². The smallest absolute Gasteiger partial charge is 0.318 e. The van der Waals surface area contributed by atoms with Crippen LogP contribution >= 0.6 is 0 Å². The molecule has 4 heteroatoms. The topological polar surface area (TPSA) is 45.2 Å². The number of urea groups is 1. The molecule has 1 aromatic rings. The second kappa shape index (κ2) is 3.88. The van der Waals surface area contributed by atoms with Gasteiger partial charge in [-0.05, 0) is 31.5 Å². The van der Waals surface area contributed by atoms with Gasteiger partial charge in [0.05, 0.1) is 6.04 Å². The molecule has 1 fully saturated rings. The number of nitrogens with zero attached hydrogens (tertiary/aromatic N) is 2. The standard InChI is InChI=1S/C11H15N3O/c1-8(2)14-7-10(13-11(14)15)9-3-5-12-6-4-9/h3-6,8,10H,7H2,1-2H3,(H,13,15). The van der Waals surface area contributed by atoms with Crippen LogP contribution in [0.2, 0.25) is 0 Å². The van der Waals surface area contributed by atoms with Crippen LogP contribution in [0.1, 0.15) is 25.5 Å². The second-order valence-electron chi connectivity index (χ2n) is 4.03. The van der Waals surface area contributed by atoms with Crippen molar-refractivity contribution in [2.45, 2.75) is 25.9 Å². The number of nitrogens with one attached hydrogen (secondary N) is 1. The SMILES string of the molecule is CC(C)N1CC(c2ccncc2)NC1=O. The Bertz CT molecular complexity index is 350. The maximum atomic E-state index is 11.6. The number of carbonyl (C=O) groups is 1. The number of amides is 2. The number of rotatable bonds is 2. The van der Waals surface area contributed by atoms with Crippen molar-refractivity contribution in [2.75, 3.05) is 6.54 Å². The summed E-state index contributed by atoms with van der Waals surface area (Å²) in [5.41, 5.74) is 1.11. The average Bonchev–Trinajstić information content (AvgIpc) is 2.62. The summed E-state index contributed by atoms with van der Waals surface area (Å²) in [7, 11) is 0. The third kappa shape index (κ3) is 1.93. The molecule has 2 rings (SSSR count). The minimum absolute atomic E-state index is 0.0202. The number of pyridine rings is 1. The first-order chi connectivity index (χ1) is 7.18. The molecule has 4 nitrogen and oxygen atoms in total. The summed E-state index contributed by atoms with van der Waals surface area (Å²) in [6.07, 6.45) is 3.50. The molecule has 1 aromatic heterocycles. The van der Waals surface area contributed by atoms with Crippen LogP contribution in [-0.4, -0.2) is 28.5 Å². The van der Waals surface area contributed by atoms with Crippen LogP contribution in [0.25, 0.3) is 0 Å². The normalized spacial score (nSPS) is 20.9. The molecule has 0 bridgehead atoms. The number of aromatic nitrogens is 1. The molecule has 1 saturated heterocycles. The predicted molar refractivity (Wildman–Crippen MR) is 57.4 cm³/mol. The Kier molecular flexibility index (Phi) is 2.58. The molecule has 2 heterocycles. The lowest BCUT2D eigenvalue weighted by atomic mass is 10.1. The summed E-state index contributed by atoms with van der Waals surface area (Å²) in [6, 6.07) is 4.25. The van der Waals surface area contributed by atoms with E-state index < -0.39 is 0 Å². The Morgan fingerprint density at radius 1 is 1.47 bits per heavy atom. The van der Waals surface area contributed by atoms with E-state index in [1.54, 1.807) is 12.4 Å². The highest BCUT2D eigenvalue weighted by Gasteiger charge is 2.30. The quantitative estimate of drug-likeness (QED) is 0.796. The van der Waals surface area contributed by atoms with Crippen molar-refractivity contribution in [2.24, 2.45) is 0 Å². The fourth-order valence-corrected chi connectivity index (χ4v) is 1.79. The summed E-state index contributed by atoms with van der Waals surface area (Å²) in [6.45, 7) is 4.78. The van der Waals surface area contributed by atoms with Crippen molar-refractivity contribution in [3.05, 3.63) is 30.1 Å². The van der Waals surface area contributed by atoms with Crippen LogP contribution in [-0.2, 0) is 0 Å². The van der Waals surface area contributed by atoms with Crippen molar-refractivity contribution in [3.63, 3.8) is 0 Å². The van der Waals surface area contributed by atoms with Crippen LogP contribution in [0.5, 0.6) is 0 Å². The average molecular weight is 205 g/mol. The number of carbonyl (C=O) groups excluding carboxylic acids is 1. The minimum atomic E-state index is 0.0202. The zero-order valence-electron chi connectivity index (χ0n) is 8.97. The van der Waals surface area contributed by atoms with Crippen LogP contribution < -0.4 is 5.32 Å². The van der Waals surface area contributed by atoms with Gasteiger partial charge in [0.25, 0.3) is 0 Å². The monoisotopic (exact) mass is 205 g/mol. The van der Waals surface area contributed by atoms with E-state index in [1.807, 2.05) is 30.9 Å². The first kappa shape index (κ1) is 9.96. The van der Waals surface area contributed by atoms with Gasteiger partial charge in [0.1, 0.15) is 0 Å². The van der Waals surface area contributed by atoms with Crippen molar-refractivity contribution in [1.82, 2.24) is 15.2 Å². The maximum Gasteiger partial charge on any atom is 0.318 e. The highest BCUT2D eigenvalue weighted by Crippen LogP contribution is 2.20. The van der Waals surface area contributed by atoms with Gasteiger partial charge in [-0.15, -0.1) is 0 Å². The second-order valence-corrected chi connectivity index (χ2v) is 4.03. The third-order valence-electron chi connectivity index (χ3n) is 2.67. The summed E-state index contributed by atoms with van der Waals surface area (Å²) >= 11 is 0. The Morgan fingerprint density at radius 2 is 2.13 bits per heavy atom. The van der Waals surface area contributed by atoms with Gasteiger partial charge >= 0.3 is 6.03 Å². The van der Waals surface area contributed by atoms with Gasteiger partial charge in [-0.3, -0.25) is 4.98 Å². The summed E-state index contributed by atoms with van der Waals surface area (Å²) in [5, 5.41) is 2.96. The Morgan fingerprint density at radius 3 is 2.67 bits per heavy atom. The van der Waals surface area contributed by atoms with Crippen LogP contribution in [0.4, 0.5) is 4.79 Å². The molecule has 0 aromatic carbocycles. The van der Waals surface area contributed by atoms with Crippen molar-refractivity contribution in [3.8, 4) is 0 Å². The lowest BCUT2D eigenvalue weighted by molar-refractivity contribution is 0.206. The summed E-state index contributed by atoms with van der Waals surface area (Å²) in [5.74, 6) is 0. The molecule has 1 unspecified atom stereocenters. The molecule has 0 radical (unpaired) electrons. The molecule has 80 valence electrons. The fourth-order valence-electron chi connectivity index (χ4n) is 1.79. The fraction of sp³-hybridized carbons (Fsp3) is 0.455. The molecule has 0 saturated carbocycles. The van der Waals surface area contributed by atoms with Gasteiger partial charge in [-0.25, -0.2) is 4.79 Å². The summed E-state index contributed by atoms with van der Waals surface area (Å²) in [4.78, 5) is 17.4. The maximum absolute atomic E-state index is 11.6. The van der Waals surface area contributed by atoms with Crippen molar-refractivity contribution in [1.29, 1.82) is 0 Å². The Labute approximate surface area is 89.3 Å². The molecule has 0 spiro atoms. The Balaban J connectivity index is 2.13. The molecular weight excluding hydrogens is 190 g/mol.